The Hall–Kier alpha value is -1.71. The fourth-order valence-corrected chi connectivity index (χ4v) is 2.43. The molecule has 0 radical (unpaired) electrons. The van der Waals surface area contributed by atoms with Gasteiger partial charge < -0.3 is 15.0 Å². The van der Waals surface area contributed by atoms with E-state index in [9.17, 15) is 4.79 Å². The minimum Gasteiger partial charge on any atom is -0.496 e. The molecule has 1 aliphatic heterocycles. The highest BCUT2D eigenvalue weighted by Gasteiger charge is 2.15. The summed E-state index contributed by atoms with van der Waals surface area (Å²) in [5, 5.41) is 2.96. The molecule has 1 aromatic rings. The molecule has 19 heavy (non-hydrogen) atoms. The lowest BCUT2D eigenvalue weighted by Gasteiger charge is -2.21. The van der Waals surface area contributed by atoms with Crippen molar-refractivity contribution < 1.29 is 9.53 Å². The van der Waals surface area contributed by atoms with Gasteiger partial charge in [0.1, 0.15) is 5.75 Å². The molecule has 0 unspecified atom stereocenters. The lowest BCUT2D eigenvalue weighted by molar-refractivity contribution is 0.214. The summed E-state index contributed by atoms with van der Waals surface area (Å²) >= 11 is 0. The van der Waals surface area contributed by atoms with Crippen molar-refractivity contribution in [2.24, 2.45) is 0 Å². The number of hydrogen-bond acceptors (Lipinski definition) is 2. The predicted octanol–water partition coefficient (Wildman–Crippen LogP) is 3.41. The zero-order chi connectivity index (χ0) is 13.7. The first-order valence-electron chi connectivity index (χ1n) is 6.91. The number of benzene rings is 1. The van der Waals surface area contributed by atoms with E-state index in [2.05, 4.69) is 5.32 Å². The highest BCUT2D eigenvalue weighted by Crippen LogP contribution is 2.22. The number of rotatable bonds is 2. The molecule has 0 aromatic heterocycles. The number of nitrogens with one attached hydrogen (secondary N) is 1. The summed E-state index contributed by atoms with van der Waals surface area (Å²) < 4.78 is 5.21. The molecule has 0 saturated carbocycles. The summed E-state index contributed by atoms with van der Waals surface area (Å²) in [6.07, 6.45) is 4.67. The van der Waals surface area contributed by atoms with Gasteiger partial charge in [-0.25, -0.2) is 4.79 Å². The van der Waals surface area contributed by atoms with E-state index >= 15 is 0 Å². The number of methoxy groups -OCH3 is 1. The molecule has 0 spiro atoms. The molecule has 2 amide bonds. The molecule has 1 heterocycles. The third kappa shape index (κ3) is 3.63. The van der Waals surface area contributed by atoms with Crippen LogP contribution in [0.5, 0.6) is 5.75 Å². The highest BCUT2D eigenvalue weighted by atomic mass is 16.5. The monoisotopic (exact) mass is 262 g/mol. The molecular weight excluding hydrogens is 240 g/mol. The SMILES string of the molecule is COc1ccc(NC(=O)N2CCCCCC2)cc1C. The first-order valence-corrected chi connectivity index (χ1v) is 6.91. The van der Waals surface area contributed by atoms with Crippen molar-refractivity contribution in [1.82, 2.24) is 4.90 Å². The van der Waals surface area contributed by atoms with E-state index in [-0.39, 0.29) is 6.03 Å². The molecule has 2 rings (SSSR count). The molecule has 1 aromatic carbocycles. The topological polar surface area (TPSA) is 41.6 Å². The summed E-state index contributed by atoms with van der Waals surface area (Å²) in [5.74, 6) is 0.841. The van der Waals surface area contributed by atoms with Crippen LogP contribution in [0.2, 0.25) is 0 Å². The molecule has 1 aliphatic rings. The van der Waals surface area contributed by atoms with E-state index in [4.69, 9.17) is 4.74 Å². The Balaban J connectivity index is 1.99. The number of likely N-dealkylation sites (tertiary alicyclic amines) is 1. The Morgan fingerprint density at radius 1 is 1.21 bits per heavy atom. The average Bonchev–Trinajstić information content (AvgIpc) is 2.68. The number of anilines is 1. The summed E-state index contributed by atoms with van der Waals surface area (Å²) in [7, 11) is 1.65. The Bertz CT molecular complexity index is 438. The van der Waals surface area contributed by atoms with Crippen LogP contribution in [-0.4, -0.2) is 31.1 Å². The van der Waals surface area contributed by atoms with Gasteiger partial charge in [-0.15, -0.1) is 0 Å². The largest absolute Gasteiger partial charge is 0.496 e. The molecule has 1 fully saturated rings. The normalized spacial score (nSPS) is 15.8. The van der Waals surface area contributed by atoms with Crippen molar-refractivity contribution in [1.29, 1.82) is 0 Å². The molecule has 4 nitrogen and oxygen atoms in total. The Kier molecular flexibility index (Phi) is 4.66. The molecule has 0 atom stereocenters. The van der Waals surface area contributed by atoms with Crippen molar-refractivity contribution >= 4 is 11.7 Å². The molecule has 1 N–H and O–H groups in total. The maximum atomic E-state index is 12.2. The number of ether oxygens (including phenoxy) is 1. The third-order valence-corrected chi connectivity index (χ3v) is 3.54. The minimum atomic E-state index is 0.00599. The number of carbonyl (C=O) groups excluding carboxylic acids is 1. The van der Waals surface area contributed by atoms with Gasteiger partial charge in [0, 0.05) is 18.8 Å². The van der Waals surface area contributed by atoms with Crippen molar-refractivity contribution in [3.05, 3.63) is 23.8 Å². The Morgan fingerprint density at radius 2 is 1.89 bits per heavy atom. The molecular formula is C15H22N2O2. The van der Waals surface area contributed by atoms with Gasteiger partial charge in [0.05, 0.1) is 7.11 Å². The quantitative estimate of drug-likeness (QED) is 0.887. The van der Waals surface area contributed by atoms with Crippen LogP contribution < -0.4 is 10.1 Å². The van der Waals surface area contributed by atoms with Crippen LogP contribution in [0.25, 0.3) is 0 Å². The zero-order valence-electron chi connectivity index (χ0n) is 11.7. The van der Waals surface area contributed by atoms with Gasteiger partial charge in [-0.3, -0.25) is 0 Å². The Labute approximate surface area is 114 Å². The maximum Gasteiger partial charge on any atom is 0.321 e. The second-order valence-electron chi connectivity index (χ2n) is 5.02. The lowest BCUT2D eigenvalue weighted by atomic mass is 10.2. The van der Waals surface area contributed by atoms with Gasteiger partial charge in [0.25, 0.3) is 0 Å². The summed E-state index contributed by atoms with van der Waals surface area (Å²) in [5.41, 5.74) is 1.85. The van der Waals surface area contributed by atoms with Crippen LogP contribution in [0.1, 0.15) is 31.2 Å². The van der Waals surface area contributed by atoms with E-state index in [1.54, 1.807) is 7.11 Å². The van der Waals surface area contributed by atoms with Crippen LogP contribution in [0.3, 0.4) is 0 Å². The third-order valence-electron chi connectivity index (χ3n) is 3.54. The second kappa shape index (κ2) is 6.45. The van der Waals surface area contributed by atoms with Crippen LogP contribution in [0.15, 0.2) is 18.2 Å². The number of aryl methyl sites for hydroxylation is 1. The number of nitrogens with zero attached hydrogens (tertiary/aromatic N) is 1. The van der Waals surface area contributed by atoms with Gasteiger partial charge in [-0.05, 0) is 43.5 Å². The molecule has 4 heteroatoms. The second-order valence-corrected chi connectivity index (χ2v) is 5.02. The van der Waals surface area contributed by atoms with Crippen molar-refractivity contribution in [2.45, 2.75) is 32.6 Å². The predicted molar refractivity (Wildman–Crippen MR) is 76.8 cm³/mol. The van der Waals surface area contributed by atoms with E-state index in [0.717, 1.165) is 42.9 Å². The van der Waals surface area contributed by atoms with Crippen LogP contribution in [-0.2, 0) is 0 Å². The average molecular weight is 262 g/mol. The summed E-state index contributed by atoms with van der Waals surface area (Å²) in [6.45, 7) is 3.70. The van der Waals surface area contributed by atoms with Crippen LogP contribution in [0.4, 0.5) is 10.5 Å². The molecule has 0 bridgehead atoms. The van der Waals surface area contributed by atoms with E-state index in [1.165, 1.54) is 12.8 Å². The highest BCUT2D eigenvalue weighted by molar-refractivity contribution is 5.89. The fourth-order valence-electron chi connectivity index (χ4n) is 2.43. The van der Waals surface area contributed by atoms with E-state index in [1.807, 2.05) is 30.0 Å². The number of carbonyl (C=O) groups is 1. The smallest absolute Gasteiger partial charge is 0.321 e. The van der Waals surface area contributed by atoms with E-state index < -0.39 is 0 Å². The van der Waals surface area contributed by atoms with Crippen LogP contribution >= 0.6 is 0 Å². The van der Waals surface area contributed by atoms with E-state index in [0.29, 0.717) is 0 Å². The summed E-state index contributed by atoms with van der Waals surface area (Å²) in [6, 6.07) is 5.70. The Morgan fingerprint density at radius 3 is 2.47 bits per heavy atom. The van der Waals surface area contributed by atoms with Gasteiger partial charge in [-0.1, -0.05) is 12.8 Å². The standard InChI is InChI=1S/C15H22N2O2/c1-12-11-13(7-8-14(12)19-2)16-15(18)17-9-5-3-4-6-10-17/h7-8,11H,3-6,9-10H2,1-2H3,(H,16,18). The van der Waals surface area contributed by atoms with Gasteiger partial charge in [0.15, 0.2) is 0 Å². The van der Waals surface area contributed by atoms with Gasteiger partial charge >= 0.3 is 6.03 Å². The van der Waals surface area contributed by atoms with Gasteiger partial charge in [-0.2, -0.15) is 0 Å². The maximum absolute atomic E-state index is 12.2. The number of hydrogen-bond donors (Lipinski definition) is 1. The lowest BCUT2D eigenvalue weighted by Crippen LogP contribution is -2.35. The molecule has 1 saturated heterocycles. The number of urea groups is 1. The first-order chi connectivity index (χ1) is 9.20. The summed E-state index contributed by atoms with van der Waals surface area (Å²) in [4.78, 5) is 14.1. The van der Waals surface area contributed by atoms with Gasteiger partial charge in [0.2, 0.25) is 0 Å². The molecule has 104 valence electrons. The number of amides is 2. The van der Waals surface area contributed by atoms with Crippen molar-refractivity contribution in [2.75, 3.05) is 25.5 Å². The van der Waals surface area contributed by atoms with Crippen LogP contribution in [0, 0.1) is 6.92 Å². The fraction of sp³-hybridized carbons (Fsp3) is 0.533. The van der Waals surface area contributed by atoms with Crippen molar-refractivity contribution in [3.63, 3.8) is 0 Å². The van der Waals surface area contributed by atoms with Crippen molar-refractivity contribution in [3.8, 4) is 5.75 Å². The first kappa shape index (κ1) is 13.7. The zero-order valence-corrected chi connectivity index (χ0v) is 11.7. The minimum absolute atomic E-state index is 0.00599. The molecule has 0 aliphatic carbocycles.